The smallest absolute Gasteiger partial charge is 0.127 e. The molecule has 5 nitrogen and oxygen atoms in total. The van der Waals surface area contributed by atoms with Crippen molar-refractivity contribution < 1.29 is 5.11 Å². The van der Waals surface area contributed by atoms with Crippen molar-refractivity contribution in [2.24, 2.45) is 7.05 Å². The summed E-state index contributed by atoms with van der Waals surface area (Å²) in [7, 11) is 1.75. The zero-order chi connectivity index (χ0) is 13.1. The summed E-state index contributed by atoms with van der Waals surface area (Å²) in [6, 6.07) is 3.97. The van der Waals surface area contributed by atoms with Crippen LogP contribution < -0.4 is 5.73 Å². The molecule has 2 heterocycles. The molecule has 0 saturated heterocycles. The van der Waals surface area contributed by atoms with Crippen LogP contribution in [0.25, 0.3) is 0 Å². The highest BCUT2D eigenvalue weighted by Gasteiger charge is 2.15. The largest absolute Gasteiger partial charge is 0.388 e. The lowest BCUT2D eigenvalue weighted by atomic mass is 10.1. The van der Waals surface area contributed by atoms with Gasteiger partial charge in [0.15, 0.2) is 0 Å². The number of hydrogen-bond donors (Lipinski definition) is 2. The molecule has 18 heavy (non-hydrogen) atoms. The van der Waals surface area contributed by atoms with Crippen LogP contribution in [0, 0.1) is 0 Å². The minimum absolute atomic E-state index is 0.444. The van der Waals surface area contributed by atoms with E-state index < -0.39 is 6.10 Å². The van der Waals surface area contributed by atoms with Gasteiger partial charge in [-0.25, -0.2) is 0 Å². The summed E-state index contributed by atoms with van der Waals surface area (Å²) in [6.07, 6.45) is 4.18. The van der Waals surface area contributed by atoms with Gasteiger partial charge in [0, 0.05) is 30.9 Å². The Balaban J connectivity index is 2.11. The van der Waals surface area contributed by atoms with Crippen LogP contribution in [0.1, 0.15) is 29.8 Å². The van der Waals surface area contributed by atoms with Crippen molar-refractivity contribution in [3.05, 3.63) is 41.3 Å². The number of aromatic nitrogens is 3. The Morgan fingerprint density at radius 1 is 1.39 bits per heavy atom. The Morgan fingerprint density at radius 2 is 2.17 bits per heavy atom. The number of aliphatic hydroxyl groups excluding tert-OH is 1. The second kappa shape index (κ2) is 5.18. The molecule has 5 heteroatoms. The maximum atomic E-state index is 10.1. The Kier molecular flexibility index (Phi) is 3.62. The van der Waals surface area contributed by atoms with E-state index in [9.17, 15) is 5.11 Å². The van der Waals surface area contributed by atoms with Crippen LogP contribution >= 0.6 is 0 Å². The van der Waals surface area contributed by atoms with Gasteiger partial charge >= 0.3 is 0 Å². The third kappa shape index (κ3) is 2.51. The van der Waals surface area contributed by atoms with Gasteiger partial charge in [0.2, 0.25) is 0 Å². The predicted octanol–water partition coefficient (Wildman–Crippen LogP) is 1.24. The maximum Gasteiger partial charge on any atom is 0.127 e. The quantitative estimate of drug-likeness (QED) is 0.850. The van der Waals surface area contributed by atoms with Crippen LogP contribution in [0.5, 0.6) is 0 Å². The van der Waals surface area contributed by atoms with Gasteiger partial charge in [0.25, 0.3) is 0 Å². The minimum atomic E-state index is -0.668. The molecule has 0 bridgehead atoms. The second-order valence-corrected chi connectivity index (χ2v) is 4.34. The molecule has 0 amide bonds. The van der Waals surface area contributed by atoms with E-state index in [0.29, 0.717) is 17.8 Å². The monoisotopic (exact) mass is 246 g/mol. The van der Waals surface area contributed by atoms with Gasteiger partial charge in [-0.05, 0) is 18.1 Å². The van der Waals surface area contributed by atoms with Crippen LogP contribution in [0.15, 0.2) is 24.5 Å². The summed E-state index contributed by atoms with van der Waals surface area (Å²) in [5, 5.41) is 14.1. The van der Waals surface area contributed by atoms with Crippen LogP contribution in [0.3, 0.4) is 0 Å². The average molecular weight is 246 g/mol. The third-order valence-corrected chi connectivity index (χ3v) is 3.07. The molecule has 0 spiro atoms. The van der Waals surface area contributed by atoms with Crippen molar-refractivity contribution in [1.82, 2.24) is 14.8 Å². The molecule has 0 aliphatic carbocycles. The summed E-state index contributed by atoms with van der Waals surface area (Å²) >= 11 is 0. The summed E-state index contributed by atoms with van der Waals surface area (Å²) in [4.78, 5) is 4.32. The lowest BCUT2D eigenvalue weighted by Gasteiger charge is -2.09. The molecule has 0 aromatic carbocycles. The van der Waals surface area contributed by atoms with Gasteiger partial charge in [-0.15, -0.1) is 0 Å². The maximum absolute atomic E-state index is 10.1. The van der Waals surface area contributed by atoms with Crippen LogP contribution in [0.4, 0.5) is 5.82 Å². The van der Waals surface area contributed by atoms with Gasteiger partial charge in [0.1, 0.15) is 5.82 Å². The van der Waals surface area contributed by atoms with E-state index in [0.717, 1.165) is 12.1 Å². The van der Waals surface area contributed by atoms with Gasteiger partial charge in [0.05, 0.1) is 12.3 Å². The van der Waals surface area contributed by atoms with Gasteiger partial charge in [-0.3, -0.25) is 9.67 Å². The number of rotatable bonds is 4. The third-order valence-electron chi connectivity index (χ3n) is 3.07. The normalized spacial score (nSPS) is 12.6. The summed E-state index contributed by atoms with van der Waals surface area (Å²) in [5.41, 5.74) is 8.51. The van der Waals surface area contributed by atoms with Crippen molar-refractivity contribution in [2.45, 2.75) is 25.9 Å². The number of anilines is 1. The lowest BCUT2D eigenvalue weighted by molar-refractivity contribution is 0.178. The molecule has 3 N–H and O–H groups in total. The summed E-state index contributed by atoms with van der Waals surface area (Å²) < 4.78 is 1.55. The molecular formula is C13H18N4O. The van der Waals surface area contributed by atoms with E-state index in [2.05, 4.69) is 17.0 Å². The lowest BCUT2D eigenvalue weighted by Crippen LogP contribution is -2.07. The fourth-order valence-corrected chi connectivity index (χ4v) is 1.81. The fraction of sp³-hybridized carbons (Fsp3) is 0.385. The fourth-order valence-electron chi connectivity index (χ4n) is 1.81. The number of aryl methyl sites for hydroxylation is 2. The Labute approximate surface area is 106 Å². The summed E-state index contributed by atoms with van der Waals surface area (Å²) in [6.45, 7) is 2.09. The van der Waals surface area contributed by atoms with E-state index in [1.807, 2.05) is 18.3 Å². The van der Waals surface area contributed by atoms with Crippen molar-refractivity contribution >= 4 is 5.82 Å². The van der Waals surface area contributed by atoms with E-state index in [4.69, 9.17) is 5.73 Å². The molecular weight excluding hydrogens is 228 g/mol. The highest BCUT2D eigenvalue weighted by Crippen LogP contribution is 2.22. The predicted molar refractivity (Wildman–Crippen MR) is 69.9 cm³/mol. The molecule has 2 aromatic heterocycles. The Morgan fingerprint density at radius 3 is 2.67 bits per heavy atom. The molecule has 2 rings (SSSR count). The molecule has 0 fully saturated rings. The standard InChI is InChI=1S/C13H18N4O/c1-3-9-4-5-10(15-7-9)6-12(18)11-8-16-17(2)13(11)14/h4-5,7-8,12,18H,3,6,14H2,1-2H3. The van der Waals surface area contributed by atoms with Crippen molar-refractivity contribution in [3.63, 3.8) is 0 Å². The van der Waals surface area contributed by atoms with Crippen molar-refractivity contribution in [2.75, 3.05) is 5.73 Å². The molecule has 1 unspecified atom stereocenters. The first-order valence-corrected chi connectivity index (χ1v) is 6.01. The number of aliphatic hydroxyl groups is 1. The molecule has 0 radical (unpaired) electrons. The Bertz CT molecular complexity index is 518. The van der Waals surface area contributed by atoms with Gasteiger partial charge < -0.3 is 10.8 Å². The summed E-state index contributed by atoms with van der Waals surface area (Å²) in [5.74, 6) is 0.493. The topological polar surface area (TPSA) is 77.0 Å². The van der Waals surface area contributed by atoms with E-state index in [1.165, 1.54) is 5.56 Å². The number of nitrogen functional groups attached to an aromatic ring is 1. The van der Waals surface area contributed by atoms with E-state index in [1.54, 1.807) is 17.9 Å². The molecule has 0 saturated carbocycles. The zero-order valence-corrected chi connectivity index (χ0v) is 10.7. The number of nitrogens with two attached hydrogens (primary N) is 1. The number of nitrogens with zero attached hydrogens (tertiary/aromatic N) is 3. The van der Waals surface area contributed by atoms with E-state index in [-0.39, 0.29) is 0 Å². The number of hydrogen-bond acceptors (Lipinski definition) is 4. The first-order chi connectivity index (χ1) is 8.61. The van der Waals surface area contributed by atoms with Crippen LogP contribution in [-0.4, -0.2) is 19.9 Å². The highest BCUT2D eigenvalue weighted by atomic mass is 16.3. The molecule has 0 aliphatic heterocycles. The molecule has 0 aliphatic rings. The highest BCUT2D eigenvalue weighted by molar-refractivity contribution is 5.40. The molecule has 96 valence electrons. The van der Waals surface area contributed by atoms with Gasteiger partial charge in [-0.1, -0.05) is 13.0 Å². The minimum Gasteiger partial charge on any atom is -0.388 e. The first-order valence-electron chi connectivity index (χ1n) is 6.01. The Hall–Kier alpha value is -1.88. The number of pyridine rings is 1. The second-order valence-electron chi connectivity index (χ2n) is 4.34. The van der Waals surface area contributed by atoms with E-state index >= 15 is 0 Å². The first kappa shape index (κ1) is 12.6. The van der Waals surface area contributed by atoms with Crippen molar-refractivity contribution in [3.8, 4) is 0 Å². The molecule has 1 atom stereocenters. The zero-order valence-electron chi connectivity index (χ0n) is 10.7. The average Bonchev–Trinajstić information content (AvgIpc) is 2.71. The SMILES string of the molecule is CCc1ccc(CC(O)c2cnn(C)c2N)nc1. The van der Waals surface area contributed by atoms with Crippen molar-refractivity contribution in [1.29, 1.82) is 0 Å². The van der Waals surface area contributed by atoms with Crippen LogP contribution in [0.2, 0.25) is 0 Å². The van der Waals surface area contributed by atoms with Crippen LogP contribution in [-0.2, 0) is 19.9 Å². The van der Waals surface area contributed by atoms with Gasteiger partial charge in [-0.2, -0.15) is 5.10 Å². The molecule has 2 aromatic rings.